The van der Waals surface area contributed by atoms with Crippen LogP contribution in [0.25, 0.3) is 0 Å². The molecule has 1 unspecified atom stereocenters. The second-order valence-electron chi connectivity index (χ2n) is 3.82. The van der Waals surface area contributed by atoms with E-state index in [1.807, 2.05) is 5.40 Å². The molecule has 0 saturated carbocycles. The molecule has 1 aromatic rings. The number of azo groups is 1. The van der Waals surface area contributed by atoms with E-state index in [0.717, 1.165) is 16.2 Å². The number of hydrogen-bond donors (Lipinski definition) is 2. The van der Waals surface area contributed by atoms with E-state index in [1.54, 1.807) is 31.2 Å². The first-order chi connectivity index (χ1) is 9.99. The molecule has 110 valence electrons. The fourth-order valence-electron chi connectivity index (χ4n) is 1.37. The van der Waals surface area contributed by atoms with E-state index in [0.29, 0.717) is 12.1 Å². The molecule has 8 heteroatoms. The third kappa shape index (κ3) is 5.21. The molecule has 0 aliphatic heterocycles. The van der Waals surface area contributed by atoms with Gasteiger partial charge in [-0.05, 0) is 42.4 Å². The number of rotatable bonds is 6. The van der Waals surface area contributed by atoms with Gasteiger partial charge in [-0.25, -0.2) is 4.79 Å². The Morgan fingerprint density at radius 3 is 2.52 bits per heavy atom. The van der Waals surface area contributed by atoms with Crippen molar-refractivity contribution in [3.63, 3.8) is 0 Å². The number of halogens is 1. The number of aliphatic hydroxyl groups excluding tert-OH is 1. The number of aliphatic hydroxyl groups is 1. The second-order valence-corrected chi connectivity index (χ2v) is 5.72. The number of nitriles is 1. The van der Waals surface area contributed by atoms with Crippen LogP contribution in [0.3, 0.4) is 0 Å². The molecule has 0 bridgehead atoms. The third-order valence-electron chi connectivity index (χ3n) is 2.41. The normalized spacial score (nSPS) is 13.6. The summed E-state index contributed by atoms with van der Waals surface area (Å²) in [6.45, 7) is 1.73. The van der Waals surface area contributed by atoms with Crippen LogP contribution in [0.4, 0.5) is 5.69 Å². The van der Waals surface area contributed by atoms with Gasteiger partial charge in [0.05, 0.1) is 10.9 Å². The Morgan fingerprint density at radius 1 is 1.43 bits per heavy atom. The lowest BCUT2D eigenvalue weighted by Gasteiger charge is -2.09. The highest BCUT2D eigenvalue weighted by Gasteiger charge is 2.22. The first kappa shape index (κ1) is 17.2. The minimum atomic E-state index is -1.40. The standard InChI is InChI=1S/C13H12BrN3O3S/c1-2-10(21-7-15)12(18)11(13(19)20)17-16-9-5-3-8(14)4-6-9/h3-6,10,18H,2H2,1H3,(H,19,20). The van der Waals surface area contributed by atoms with Gasteiger partial charge in [-0.3, -0.25) is 0 Å². The molecule has 21 heavy (non-hydrogen) atoms. The lowest BCUT2D eigenvalue weighted by atomic mass is 10.2. The molecular formula is C13H12BrN3O3S. The lowest BCUT2D eigenvalue weighted by molar-refractivity contribution is -0.132. The Balaban J connectivity index is 3.09. The maximum atomic E-state index is 11.2. The molecule has 2 N–H and O–H groups in total. The fourth-order valence-corrected chi connectivity index (χ4v) is 2.15. The molecule has 0 aliphatic carbocycles. The van der Waals surface area contributed by atoms with Gasteiger partial charge in [0.1, 0.15) is 11.2 Å². The van der Waals surface area contributed by atoms with Crippen molar-refractivity contribution in [2.75, 3.05) is 0 Å². The monoisotopic (exact) mass is 369 g/mol. The summed E-state index contributed by atoms with van der Waals surface area (Å²) in [6.07, 6.45) is 0.397. The van der Waals surface area contributed by atoms with Gasteiger partial charge in [-0.1, -0.05) is 22.9 Å². The topological polar surface area (TPSA) is 106 Å². The summed E-state index contributed by atoms with van der Waals surface area (Å²) in [5, 5.41) is 36.3. The van der Waals surface area contributed by atoms with Crippen molar-refractivity contribution in [3.05, 3.63) is 40.2 Å². The molecule has 0 radical (unpaired) electrons. The van der Waals surface area contributed by atoms with Crippen molar-refractivity contribution < 1.29 is 15.0 Å². The van der Waals surface area contributed by atoms with Gasteiger partial charge in [-0.2, -0.15) is 10.4 Å². The molecule has 1 atom stereocenters. The Bertz CT molecular complexity index is 608. The smallest absolute Gasteiger partial charge is 0.360 e. The van der Waals surface area contributed by atoms with E-state index in [-0.39, 0.29) is 0 Å². The van der Waals surface area contributed by atoms with Gasteiger partial charge >= 0.3 is 5.97 Å². The van der Waals surface area contributed by atoms with Crippen molar-refractivity contribution in [1.29, 1.82) is 5.26 Å². The number of carbonyl (C=O) groups is 1. The number of aliphatic carboxylic acids is 1. The Kier molecular flexibility index (Phi) is 6.91. The van der Waals surface area contributed by atoms with Crippen molar-refractivity contribution in [2.45, 2.75) is 18.6 Å². The van der Waals surface area contributed by atoms with Crippen molar-refractivity contribution in [1.82, 2.24) is 0 Å². The predicted molar refractivity (Wildman–Crippen MR) is 83.2 cm³/mol. The zero-order chi connectivity index (χ0) is 15.8. The zero-order valence-electron chi connectivity index (χ0n) is 11.0. The molecule has 6 nitrogen and oxygen atoms in total. The van der Waals surface area contributed by atoms with Crippen LogP contribution < -0.4 is 0 Å². The van der Waals surface area contributed by atoms with Gasteiger partial charge in [0.25, 0.3) is 0 Å². The van der Waals surface area contributed by atoms with E-state index < -0.39 is 22.7 Å². The predicted octanol–water partition coefficient (Wildman–Crippen LogP) is 4.38. The number of carboxylic acid groups (broad SMARTS) is 1. The number of carboxylic acids is 1. The summed E-state index contributed by atoms with van der Waals surface area (Å²) in [7, 11) is 0. The average molecular weight is 370 g/mol. The van der Waals surface area contributed by atoms with E-state index in [2.05, 4.69) is 26.2 Å². The maximum Gasteiger partial charge on any atom is 0.360 e. The minimum absolute atomic E-state index is 0.397. The van der Waals surface area contributed by atoms with Gasteiger partial charge in [0.2, 0.25) is 5.70 Å². The van der Waals surface area contributed by atoms with Crippen LogP contribution >= 0.6 is 27.7 Å². The van der Waals surface area contributed by atoms with Crippen LogP contribution in [0.2, 0.25) is 0 Å². The molecular weight excluding hydrogens is 358 g/mol. The fraction of sp³-hybridized carbons (Fsp3) is 0.231. The largest absolute Gasteiger partial charge is 0.508 e. The number of nitrogens with zero attached hydrogens (tertiary/aromatic N) is 3. The molecule has 0 saturated heterocycles. The molecule has 0 aliphatic rings. The van der Waals surface area contributed by atoms with Crippen LogP contribution in [0.5, 0.6) is 0 Å². The number of thioether (sulfide) groups is 1. The van der Waals surface area contributed by atoms with Crippen molar-refractivity contribution in [3.8, 4) is 5.40 Å². The van der Waals surface area contributed by atoms with Crippen LogP contribution in [-0.2, 0) is 4.79 Å². The molecule has 1 rings (SSSR count). The molecule has 1 aromatic carbocycles. The van der Waals surface area contributed by atoms with Gasteiger partial charge in [-0.15, -0.1) is 5.11 Å². The van der Waals surface area contributed by atoms with Crippen LogP contribution in [-0.4, -0.2) is 21.4 Å². The molecule has 0 amide bonds. The van der Waals surface area contributed by atoms with Crippen LogP contribution in [0, 0.1) is 10.7 Å². The SMILES string of the molecule is CCC(SC#N)C(O)=C(N=Nc1ccc(Br)cc1)C(=O)O. The molecule has 0 spiro atoms. The summed E-state index contributed by atoms with van der Waals surface area (Å²) in [5.74, 6) is -1.86. The second kappa shape index (κ2) is 8.44. The Labute approximate surface area is 134 Å². The van der Waals surface area contributed by atoms with Crippen molar-refractivity contribution in [2.24, 2.45) is 10.2 Å². The third-order valence-corrected chi connectivity index (χ3v) is 3.88. The summed E-state index contributed by atoms with van der Waals surface area (Å²) < 4.78 is 0.856. The van der Waals surface area contributed by atoms with E-state index in [4.69, 9.17) is 10.4 Å². The van der Waals surface area contributed by atoms with E-state index in [1.165, 1.54) is 0 Å². The quantitative estimate of drug-likeness (QED) is 0.335. The first-order valence-electron chi connectivity index (χ1n) is 5.88. The molecule has 0 fully saturated rings. The van der Waals surface area contributed by atoms with Crippen molar-refractivity contribution >= 4 is 39.3 Å². The van der Waals surface area contributed by atoms with Crippen LogP contribution in [0.15, 0.2) is 50.4 Å². The zero-order valence-corrected chi connectivity index (χ0v) is 13.4. The molecule has 0 aromatic heterocycles. The Hall–Kier alpha value is -1.85. The van der Waals surface area contributed by atoms with Gasteiger partial charge in [0, 0.05) is 4.47 Å². The van der Waals surface area contributed by atoms with Crippen LogP contribution in [0.1, 0.15) is 13.3 Å². The molecule has 0 heterocycles. The van der Waals surface area contributed by atoms with Gasteiger partial charge < -0.3 is 10.2 Å². The average Bonchev–Trinajstić information content (AvgIpc) is 2.46. The maximum absolute atomic E-state index is 11.2. The highest BCUT2D eigenvalue weighted by atomic mass is 79.9. The Morgan fingerprint density at radius 2 is 2.05 bits per heavy atom. The van der Waals surface area contributed by atoms with E-state index >= 15 is 0 Å². The highest BCUT2D eigenvalue weighted by Crippen LogP contribution is 2.24. The lowest BCUT2D eigenvalue weighted by Crippen LogP contribution is -2.11. The summed E-state index contributed by atoms with van der Waals surface area (Å²) in [5.41, 5.74) is -0.113. The van der Waals surface area contributed by atoms with Gasteiger partial charge in [0.15, 0.2) is 0 Å². The minimum Gasteiger partial charge on any atom is -0.508 e. The number of hydrogen-bond acceptors (Lipinski definition) is 6. The summed E-state index contributed by atoms with van der Waals surface area (Å²) >= 11 is 4.05. The number of benzene rings is 1. The first-order valence-corrected chi connectivity index (χ1v) is 7.55. The summed E-state index contributed by atoms with van der Waals surface area (Å²) in [4.78, 5) is 11.2. The van der Waals surface area contributed by atoms with E-state index in [9.17, 15) is 9.90 Å². The summed E-state index contributed by atoms with van der Waals surface area (Å²) in [6, 6.07) is 6.76. The highest BCUT2D eigenvalue weighted by molar-refractivity contribution is 9.10. The number of thiocyanates is 1.